The van der Waals surface area contributed by atoms with Gasteiger partial charge in [-0.05, 0) is 80.4 Å². The Morgan fingerprint density at radius 1 is 1.00 bits per heavy atom. The Balaban J connectivity index is 1.28. The number of benzene rings is 1. The van der Waals surface area contributed by atoms with Gasteiger partial charge in [0.1, 0.15) is 0 Å². The van der Waals surface area contributed by atoms with Crippen molar-refractivity contribution in [1.29, 1.82) is 0 Å². The van der Waals surface area contributed by atoms with Gasteiger partial charge in [0.05, 0.1) is 0 Å². The highest BCUT2D eigenvalue weighted by Gasteiger charge is 2.52. The zero-order valence-corrected chi connectivity index (χ0v) is 15.9. The minimum atomic E-state index is 0.0271. The van der Waals surface area contributed by atoms with Crippen molar-refractivity contribution in [3.63, 3.8) is 0 Å². The van der Waals surface area contributed by atoms with E-state index in [-0.39, 0.29) is 11.3 Å². The largest absolute Gasteiger partial charge is 0.352 e. The number of hydrogen-bond acceptors (Lipinski definition) is 2. The fourth-order valence-electron chi connectivity index (χ4n) is 6.35. The zero-order chi connectivity index (χ0) is 18.3. The topological polar surface area (TPSA) is 42.0 Å². The second kappa shape index (κ2) is 6.78. The van der Waals surface area contributed by atoms with Crippen LogP contribution < -0.4 is 5.32 Å². The van der Waals surface area contributed by atoms with E-state index in [4.69, 9.17) is 4.98 Å². The Bertz CT molecular complexity index is 794. The molecule has 2 aromatic rings. The van der Waals surface area contributed by atoms with E-state index in [0.717, 1.165) is 29.7 Å². The summed E-state index contributed by atoms with van der Waals surface area (Å²) in [5.41, 5.74) is 3.44. The highest BCUT2D eigenvalue weighted by Crippen LogP contribution is 2.60. The van der Waals surface area contributed by atoms with Crippen LogP contribution in [-0.4, -0.2) is 17.4 Å². The quantitative estimate of drug-likeness (QED) is 0.852. The fraction of sp³-hybridized carbons (Fsp3) is 0.500. The van der Waals surface area contributed by atoms with Crippen molar-refractivity contribution in [2.24, 2.45) is 17.8 Å². The van der Waals surface area contributed by atoms with E-state index < -0.39 is 0 Å². The van der Waals surface area contributed by atoms with E-state index in [1.807, 2.05) is 30.5 Å². The van der Waals surface area contributed by atoms with Crippen molar-refractivity contribution in [1.82, 2.24) is 10.3 Å². The Labute approximate surface area is 161 Å². The van der Waals surface area contributed by atoms with Gasteiger partial charge in [0.15, 0.2) is 0 Å². The maximum absolute atomic E-state index is 12.7. The van der Waals surface area contributed by atoms with E-state index in [9.17, 15) is 4.79 Å². The third-order valence-electron chi connectivity index (χ3n) is 7.15. The summed E-state index contributed by atoms with van der Waals surface area (Å²) in [4.78, 5) is 17.4. The number of nitrogens with zero attached hydrogens (tertiary/aromatic N) is 1. The number of carbonyl (C=O) groups excluding carboxylic acids is 1. The molecule has 27 heavy (non-hydrogen) atoms. The number of nitrogens with one attached hydrogen (secondary N) is 1. The van der Waals surface area contributed by atoms with Gasteiger partial charge in [-0.1, -0.05) is 30.3 Å². The molecule has 4 saturated carbocycles. The van der Waals surface area contributed by atoms with Crippen LogP contribution in [0.25, 0.3) is 0 Å². The number of amides is 1. The van der Waals surface area contributed by atoms with Gasteiger partial charge in [-0.2, -0.15) is 0 Å². The molecule has 1 N–H and O–H groups in total. The van der Waals surface area contributed by atoms with Crippen LogP contribution in [0.1, 0.15) is 60.1 Å². The molecule has 1 amide bonds. The van der Waals surface area contributed by atoms with E-state index in [1.54, 1.807) is 0 Å². The highest BCUT2D eigenvalue weighted by atomic mass is 16.1. The van der Waals surface area contributed by atoms with Gasteiger partial charge in [-0.25, -0.2) is 0 Å². The predicted molar refractivity (Wildman–Crippen MR) is 107 cm³/mol. The SMILES string of the molecule is O=C(NCCc1ccccc1)c1ccnc(C23CC4CC(CC(C4)C2)C3)c1. The molecule has 3 nitrogen and oxygen atoms in total. The molecule has 0 aliphatic heterocycles. The minimum Gasteiger partial charge on any atom is -0.352 e. The van der Waals surface area contributed by atoms with Crippen LogP contribution in [0.3, 0.4) is 0 Å². The standard InChI is InChI=1S/C24H28N2O/c27-23(26-8-6-17-4-2-1-3-5-17)21-7-9-25-22(13-21)24-14-18-10-19(15-24)12-20(11-18)16-24/h1-5,7,9,13,18-20H,6,8,10-12,14-16H2,(H,26,27). The van der Waals surface area contributed by atoms with Crippen LogP contribution in [0.4, 0.5) is 0 Å². The Morgan fingerprint density at radius 2 is 1.67 bits per heavy atom. The molecule has 4 aliphatic rings. The molecule has 0 atom stereocenters. The van der Waals surface area contributed by atoms with Crippen molar-refractivity contribution in [3.05, 3.63) is 65.5 Å². The summed E-state index contributed by atoms with van der Waals surface area (Å²) >= 11 is 0. The summed E-state index contributed by atoms with van der Waals surface area (Å²) in [6.45, 7) is 0.665. The lowest BCUT2D eigenvalue weighted by Gasteiger charge is -2.56. The smallest absolute Gasteiger partial charge is 0.251 e. The van der Waals surface area contributed by atoms with Gasteiger partial charge in [-0.15, -0.1) is 0 Å². The van der Waals surface area contributed by atoms with Crippen molar-refractivity contribution in [2.45, 2.75) is 50.4 Å². The molecule has 140 valence electrons. The second-order valence-electron chi connectivity index (χ2n) is 9.12. The number of pyridine rings is 1. The molecule has 0 saturated heterocycles. The summed E-state index contributed by atoms with van der Waals surface area (Å²) in [6, 6.07) is 14.3. The predicted octanol–water partition coefficient (Wildman–Crippen LogP) is 4.52. The lowest BCUT2D eigenvalue weighted by molar-refractivity contribution is -0.00722. The van der Waals surface area contributed by atoms with Gasteiger partial charge in [0.2, 0.25) is 0 Å². The van der Waals surface area contributed by atoms with Crippen LogP contribution in [0.2, 0.25) is 0 Å². The summed E-state index contributed by atoms with van der Waals surface area (Å²) in [6.07, 6.45) is 10.8. The van der Waals surface area contributed by atoms with Crippen LogP contribution in [0, 0.1) is 17.8 Å². The molecular formula is C24H28N2O. The van der Waals surface area contributed by atoms with Crippen molar-refractivity contribution < 1.29 is 4.79 Å². The van der Waals surface area contributed by atoms with E-state index in [0.29, 0.717) is 6.54 Å². The minimum absolute atomic E-state index is 0.0271. The Morgan fingerprint density at radius 3 is 2.33 bits per heavy atom. The third-order valence-corrected chi connectivity index (χ3v) is 7.15. The lowest BCUT2D eigenvalue weighted by Crippen LogP contribution is -2.49. The van der Waals surface area contributed by atoms with E-state index in [1.165, 1.54) is 49.8 Å². The van der Waals surface area contributed by atoms with Crippen LogP contribution >= 0.6 is 0 Å². The maximum Gasteiger partial charge on any atom is 0.251 e. The normalized spacial score (nSPS) is 31.0. The highest BCUT2D eigenvalue weighted by molar-refractivity contribution is 5.94. The van der Waals surface area contributed by atoms with Gasteiger partial charge in [0.25, 0.3) is 5.91 Å². The first-order valence-corrected chi connectivity index (χ1v) is 10.5. The summed E-state index contributed by atoms with van der Waals surface area (Å²) in [5.74, 6) is 2.70. The van der Waals surface area contributed by atoms with Crippen molar-refractivity contribution in [2.75, 3.05) is 6.54 Å². The van der Waals surface area contributed by atoms with Crippen LogP contribution in [0.15, 0.2) is 48.7 Å². The molecule has 1 aromatic carbocycles. The third kappa shape index (κ3) is 3.28. The Hall–Kier alpha value is -2.16. The molecule has 1 heterocycles. The van der Waals surface area contributed by atoms with Gasteiger partial charge >= 0.3 is 0 Å². The van der Waals surface area contributed by atoms with Gasteiger partial charge < -0.3 is 5.32 Å². The maximum atomic E-state index is 12.7. The van der Waals surface area contributed by atoms with Crippen molar-refractivity contribution >= 4 is 5.91 Å². The molecule has 3 heteroatoms. The number of carbonyl (C=O) groups is 1. The zero-order valence-electron chi connectivity index (χ0n) is 15.9. The fourth-order valence-corrected chi connectivity index (χ4v) is 6.35. The molecule has 4 fully saturated rings. The molecule has 6 rings (SSSR count). The molecule has 4 bridgehead atoms. The summed E-state index contributed by atoms with van der Waals surface area (Å²) < 4.78 is 0. The Kier molecular flexibility index (Phi) is 4.26. The lowest BCUT2D eigenvalue weighted by atomic mass is 9.48. The monoisotopic (exact) mass is 360 g/mol. The number of rotatable bonds is 5. The average Bonchev–Trinajstić information content (AvgIpc) is 2.68. The van der Waals surface area contributed by atoms with Crippen molar-refractivity contribution in [3.8, 4) is 0 Å². The first kappa shape index (κ1) is 17.0. The molecular weight excluding hydrogens is 332 g/mol. The number of hydrogen-bond donors (Lipinski definition) is 1. The molecule has 1 aromatic heterocycles. The van der Waals surface area contributed by atoms with Gasteiger partial charge in [-0.3, -0.25) is 9.78 Å². The van der Waals surface area contributed by atoms with E-state index >= 15 is 0 Å². The first-order chi connectivity index (χ1) is 13.2. The van der Waals surface area contributed by atoms with Crippen LogP contribution in [-0.2, 0) is 11.8 Å². The summed E-state index contributed by atoms with van der Waals surface area (Å²) in [5, 5.41) is 3.08. The van der Waals surface area contributed by atoms with Crippen LogP contribution in [0.5, 0.6) is 0 Å². The molecule has 4 aliphatic carbocycles. The average molecular weight is 361 g/mol. The number of aromatic nitrogens is 1. The second-order valence-corrected chi connectivity index (χ2v) is 9.12. The molecule has 0 unspecified atom stereocenters. The van der Waals surface area contributed by atoms with Gasteiger partial charge in [0, 0.05) is 29.4 Å². The molecule has 0 radical (unpaired) electrons. The first-order valence-electron chi connectivity index (χ1n) is 10.5. The molecule has 0 spiro atoms. The summed E-state index contributed by atoms with van der Waals surface area (Å²) in [7, 11) is 0. The van der Waals surface area contributed by atoms with E-state index in [2.05, 4.69) is 23.5 Å².